The number of aromatic nitrogens is 2. The lowest BCUT2D eigenvalue weighted by atomic mass is 9.99. The van der Waals surface area contributed by atoms with Gasteiger partial charge in [0, 0.05) is 12.2 Å². The molecule has 7 nitrogen and oxygen atoms in total. The first-order chi connectivity index (χ1) is 12.5. The first-order valence-electron chi connectivity index (χ1n) is 8.24. The highest BCUT2D eigenvalue weighted by Crippen LogP contribution is 2.22. The van der Waals surface area contributed by atoms with Gasteiger partial charge < -0.3 is 14.9 Å². The number of carboxylic acids is 1. The van der Waals surface area contributed by atoms with Gasteiger partial charge in [-0.05, 0) is 31.9 Å². The van der Waals surface area contributed by atoms with Gasteiger partial charge in [0.2, 0.25) is 0 Å². The van der Waals surface area contributed by atoms with Crippen LogP contribution in [-0.2, 0) is 11.2 Å². The molecule has 0 aliphatic carbocycles. The van der Waals surface area contributed by atoms with Crippen LogP contribution in [0.25, 0.3) is 11.1 Å². The van der Waals surface area contributed by atoms with E-state index in [0.29, 0.717) is 34.5 Å². The molecule has 1 amide bonds. The van der Waals surface area contributed by atoms with Crippen LogP contribution >= 0.6 is 0 Å². The van der Waals surface area contributed by atoms with Gasteiger partial charge in [-0.2, -0.15) is 0 Å². The van der Waals surface area contributed by atoms with Crippen molar-refractivity contribution in [2.45, 2.75) is 20.3 Å². The Labute approximate surface area is 150 Å². The maximum Gasteiger partial charge on any atom is 0.308 e. The normalized spacial score (nSPS) is 12.1. The molecule has 2 N–H and O–H groups in total. The van der Waals surface area contributed by atoms with Crippen molar-refractivity contribution in [3.8, 4) is 0 Å². The molecule has 0 saturated carbocycles. The maximum absolute atomic E-state index is 12.6. The molecule has 26 heavy (non-hydrogen) atoms. The summed E-state index contributed by atoms with van der Waals surface area (Å²) >= 11 is 0. The Morgan fingerprint density at radius 3 is 2.65 bits per heavy atom. The first-order valence-corrected chi connectivity index (χ1v) is 8.24. The van der Waals surface area contributed by atoms with Gasteiger partial charge in [0.15, 0.2) is 0 Å². The molecular weight excluding hydrogens is 334 g/mol. The summed E-state index contributed by atoms with van der Waals surface area (Å²) in [7, 11) is 0. The maximum atomic E-state index is 12.6. The van der Waals surface area contributed by atoms with Gasteiger partial charge >= 0.3 is 5.97 Å². The van der Waals surface area contributed by atoms with Crippen molar-refractivity contribution in [2.24, 2.45) is 5.92 Å². The average molecular weight is 353 g/mol. The molecule has 0 saturated heterocycles. The van der Waals surface area contributed by atoms with Gasteiger partial charge in [0.05, 0.1) is 22.6 Å². The standard InChI is InChI=1S/C19H19N3O4/c1-11-8-15(16-12(2)22-26-18(16)21-11)17(23)20-10-14(19(24)25)9-13-6-4-3-5-7-13/h3-8,14H,9-10H2,1-2H3,(H,20,23)(H,24,25). The van der Waals surface area contributed by atoms with Crippen molar-refractivity contribution in [3.05, 3.63) is 58.9 Å². The number of amides is 1. The highest BCUT2D eigenvalue weighted by Gasteiger charge is 2.22. The van der Waals surface area contributed by atoms with Crippen LogP contribution in [0.1, 0.15) is 27.3 Å². The largest absolute Gasteiger partial charge is 0.481 e. The van der Waals surface area contributed by atoms with Gasteiger partial charge in [0.25, 0.3) is 11.6 Å². The monoisotopic (exact) mass is 353 g/mol. The average Bonchev–Trinajstić information content (AvgIpc) is 2.99. The Morgan fingerprint density at radius 2 is 1.96 bits per heavy atom. The molecule has 0 spiro atoms. The zero-order valence-corrected chi connectivity index (χ0v) is 14.5. The van der Waals surface area contributed by atoms with E-state index in [1.165, 1.54) is 0 Å². The van der Waals surface area contributed by atoms with Crippen molar-refractivity contribution >= 4 is 23.0 Å². The summed E-state index contributed by atoms with van der Waals surface area (Å²) in [4.78, 5) is 28.4. The van der Waals surface area contributed by atoms with E-state index >= 15 is 0 Å². The number of aliphatic carboxylic acids is 1. The summed E-state index contributed by atoms with van der Waals surface area (Å²) in [5, 5.41) is 16.6. The highest BCUT2D eigenvalue weighted by molar-refractivity contribution is 6.06. The van der Waals surface area contributed by atoms with Crippen LogP contribution in [0, 0.1) is 19.8 Å². The predicted octanol–water partition coefficient (Wildman–Crippen LogP) is 2.51. The van der Waals surface area contributed by atoms with Crippen molar-refractivity contribution < 1.29 is 19.2 Å². The number of rotatable bonds is 6. The zero-order valence-electron chi connectivity index (χ0n) is 14.5. The van der Waals surface area contributed by atoms with E-state index in [1.807, 2.05) is 30.3 Å². The van der Waals surface area contributed by atoms with Crippen LogP contribution in [0.4, 0.5) is 0 Å². The second-order valence-corrected chi connectivity index (χ2v) is 6.19. The number of pyridine rings is 1. The third-order valence-electron chi connectivity index (χ3n) is 4.17. The molecule has 1 atom stereocenters. The minimum Gasteiger partial charge on any atom is -0.481 e. The van der Waals surface area contributed by atoms with Crippen LogP contribution in [-0.4, -0.2) is 33.7 Å². The summed E-state index contributed by atoms with van der Waals surface area (Å²) in [6.45, 7) is 3.51. The highest BCUT2D eigenvalue weighted by atomic mass is 16.5. The molecule has 1 unspecified atom stereocenters. The number of carbonyl (C=O) groups excluding carboxylic acids is 1. The number of carboxylic acid groups (broad SMARTS) is 1. The van der Waals surface area contributed by atoms with Crippen LogP contribution in [0.2, 0.25) is 0 Å². The predicted molar refractivity (Wildman–Crippen MR) is 94.9 cm³/mol. The molecule has 2 aromatic heterocycles. The summed E-state index contributed by atoms with van der Waals surface area (Å²) in [5.74, 6) is -2.04. The molecule has 1 aromatic carbocycles. The zero-order chi connectivity index (χ0) is 18.7. The third-order valence-corrected chi connectivity index (χ3v) is 4.17. The number of hydrogen-bond acceptors (Lipinski definition) is 5. The van der Waals surface area contributed by atoms with Crippen LogP contribution < -0.4 is 5.32 Å². The third kappa shape index (κ3) is 3.72. The van der Waals surface area contributed by atoms with Gasteiger partial charge in [-0.1, -0.05) is 35.5 Å². The Kier molecular flexibility index (Phi) is 4.97. The van der Waals surface area contributed by atoms with Crippen LogP contribution in [0.5, 0.6) is 0 Å². The van der Waals surface area contributed by atoms with E-state index in [0.717, 1.165) is 5.56 Å². The van der Waals surface area contributed by atoms with E-state index in [4.69, 9.17) is 4.52 Å². The number of carbonyl (C=O) groups is 2. The molecule has 7 heteroatoms. The fraction of sp³-hybridized carbons (Fsp3) is 0.263. The lowest BCUT2D eigenvalue weighted by Crippen LogP contribution is -2.34. The Balaban J connectivity index is 1.77. The lowest BCUT2D eigenvalue weighted by Gasteiger charge is -2.14. The number of nitrogens with one attached hydrogen (secondary N) is 1. The SMILES string of the molecule is Cc1cc(C(=O)NCC(Cc2ccccc2)C(=O)O)c2c(C)noc2n1. The molecule has 2 heterocycles. The summed E-state index contributed by atoms with van der Waals surface area (Å²) < 4.78 is 5.13. The van der Waals surface area contributed by atoms with Crippen molar-refractivity contribution in [2.75, 3.05) is 6.54 Å². The Hall–Kier alpha value is -3.22. The van der Waals surface area contributed by atoms with Gasteiger partial charge in [-0.15, -0.1) is 0 Å². The van der Waals surface area contributed by atoms with E-state index in [2.05, 4.69) is 15.5 Å². The molecule has 0 bridgehead atoms. The number of benzene rings is 1. The summed E-state index contributed by atoms with van der Waals surface area (Å²) in [6, 6.07) is 11.0. The Bertz CT molecular complexity index is 950. The lowest BCUT2D eigenvalue weighted by molar-refractivity contribution is -0.141. The molecule has 3 aromatic rings. The fourth-order valence-electron chi connectivity index (χ4n) is 2.85. The molecule has 0 radical (unpaired) electrons. The van der Waals surface area contributed by atoms with Crippen LogP contribution in [0.3, 0.4) is 0 Å². The number of aryl methyl sites for hydroxylation is 2. The number of hydrogen-bond donors (Lipinski definition) is 2. The number of nitrogens with zero attached hydrogens (tertiary/aromatic N) is 2. The molecule has 0 aliphatic rings. The topological polar surface area (TPSA) is 105 Å². The molecular formula is C19H19N3O4. The second kappa shape index (κ2) is 7.35. The smallest absolute Gasteiger partial charge is 0.308 e. The fourth-order valence-corrected chi connectivity index (χ4v) is 2.85. The number of fused-ring (bicyclic) bond motifs is 1. The van der Waals surface area contributed by atoms with E-state index < -0.39 is 11.9 Å². The van der Waals surface area contributed by atoms with E-state index in [1.54, 1.807) is 19.9 Å². The van der Waals surface area contributed by atoms with Crippen molar-refractivity contribution in [1.82, 2.24) is 15.5 Å². The van der Waals surface area contributed by atoms with Crippen LogP contribution in [0.15, 0.2) is 40.9 Å². The van der Waals surface area contributed by atoms with Gasteiger partial charge in [-0.3, -0.25) is 9.59 Å². The van der Waals surface area contributed by atoms with Gasteiger partial charge in [-0.25, -0.2) is 4.98 Å². The van der Waals surface area contributed by atoms with E-state index in [-0.39, 0.29) is 12.5 Å². The quantitative estimate of drug-likeness (QED) is 0.705. The Morgan fingerprint density at radius 1 is 1.23 bits per heavy atom. The van der Waals surface area contributed by atoms with E-state index in [9.17, 15) is 14.7 Å². The van der Waals surface area contributed by atoms with Crippen molar-refractivity contribution in [3.63, 3.8) is 0 Å². The summed E-state index contributed by atoms with van der Waals surface area (Å²) in [5.41, 5.74) is 2.78. The second-order valence-electron chi connectivity index (χ2n) is 6.19. The minimum absolute atomic E-state index is 0.0241. The summed E-state index contributed by atoms with van der Waals surface area (Å²) in [6.07, 6.45) is 0.341. The molecule has 0 aliphatic heterocycles. The minimum atomic E-state index is -0.952. The molecule has 134 valence electrons. The van der Waals surface area contributed by atoms with Gasteiger partial charge in [0.1, 0.15) is 0 Å². The first kappa shape index (κ1) is 17.6. The molecule has 0 fully saturated rings. The van der Waals surface area contributed by atoms with Crippen molar-refractivity contribution in [1.29, 1.82) is 0 Å². The molecule has 3 rings (SSSR count).